The first-order valence-electron chi connectivity index (χ1n) is 7.11. The van der Waals surface area contributed by atoms with Crippen molar-refractivity contribution in [2.75, 3.05) is 19.4 Å². The summed E-state index contributed by atoms with van der Waals surface area (Å²) in [5.74, 6) is -0.313. The Balaban J connectivity index is 2.04. The van der Waals surface area contributed by atoms with Gasteiger partial charge in [0.1, 0.15) is 5.82 Å². The van der Waals surface area contributed by atoms with E-state index in [2.05, 4.69) is 10.6 Å². The maximum atomic E-state index is 13.6. The van der Waals surface area contributed by atoms with Crippen molar-refractivity contribution in [1.82, 2.24) is 9.62 Å². The number of nitrogens with zero attached hydrogens (tertiary/aromatic N) is 1. The minimum absolute atomic E-state index is 0.161. The van der Waals surface area contributed by atoms with Crippen molar-refractivity contribution < 1.29 is 12.8 Å². The van der Waals surface area contributed by atoms with Crippen molar-refractivity contribution in [3.63, 3.8) is 0 Å². The molecule has 0 aliphatic carbocycles. The lowest BCUT2D eigenvalue weighted by Crippen LogP contribution is -2.28. The molecule has 128 valence electrons. The fourth-order valence-corrected chi connectivity index (χ4v) is 3.08. The zero-order valence-electron chi connectivity index (χ0n) is 13.3. The van der Waals surface area contributed by atoms with Crippen LogP contribution in [0.15, 0.2) is 53.4 Å². The van der Waals surface area contributed by atoms with Crippen LogP contribution in [0.1, 0.15) is 5.56 Å². The van der Waals surface area contributed by atoms with Gasteiger partial charge in [-0.25, -0.2) is 17.1 Å². The standard InChI is InChI=1S/C16H18FN3O2S2/c1-20(2)24(21,22)14-8-5-7-13(10-14)19-16(23)18-11-12-6-3-4-9-15(12)17/h3-10H,11H2,1-2H3,(H2,18,19,23). The second-order valence-corrected chi connectivity index (χ2v) is 7.77. The summed E-state index contributed by atoms with van der Waals surface area (Å²) in [6, 6.07) is 12.7. The van der Waals surface area contributed by atoms with Gasteiger partial charge in [0.25, 0.3) is 0 Å². The average molecular weight is 367 g/mol. The number of sulfonamides is 1. The zero-order valence-corrected chi connectivity index (χ0v) is 14.9. The molecule has 0 unspecified atom stereocenters. The van der Waals surface area contributed by atoms with E-state index in [1.54, 1.807) is 30.3 Å². The van der Waals surface area contributed by atoms with Gasteiger partial charge in [-0.15, -0.1) is 0 Å². The first-order valence-corrected chi connectivity index (χ1v) is 8.96. The Bertz CT molecular complexity index is 839. The summed E-state index contributed by atoms with van der Waals surface area (Å²) in [5, 5.41) is 6.06. The molecule has 24 heavy (non-hydrogen) atoms. The normalized spacial score (nSPS) is 11.3. The Hall–Kier alpha value is -2.03. The number of hydrogen-bond acceptors (Lipinski definition) is 3. The molecule has 0 heterocycles. The van der Waals surface area contributed by atoms with E-state index < -0.39 is 10.0 Å². The van der Waals surface area contributed by atoms with E-state index in [4.69, 9.17) is 12.2 Å². The van der Waals surface area contributed by atoms with Gasteiger partial charge in [0.05, 0.1) is 4.90 Å². The minimum atomic E-state index is -3.52. The first-order chi connectivity index (χ1) is 11.3. The van der Waals surface area contributed by atoms with Gasteiger partial charge in [0, 0.05) is 31.9 Å². The van der Waals surface area contributed by atoms with Crippen LogP contribution >= 0.6 is 12.2 Å². The molecule has 0 aromatic heterocycles. The molecule has 0 amide bonds. The summed E-state index contributed by atoms with van der Waals surface area (Å²) in [6.07, 6.45) is 0. The Morgan fingerprint density at radius 2 is 1.88 bits per heavy atom. The quantitative estimate of drug-likeness (QED) is 0.796. The van der Waals surface area contributed by atoms with Crippen LogP contribution in [0, 0.1) is 5.82 Å². The van der Waals surface area contributed by atoms with E-state index in [0.29, 0.717) is 11.3 Å². The van der Waals surface area contributed by atoms with Crippen LogP contribution in [-0.2, 0) is 16.6 Å². The highest BCUT2D eigenvalue weighted by molar-refractivity contribution is 7.89. The summed E-state index contributed by atoms with van der Waals surface area (Å²) in [4.78, 5) is 0.161. The third-order valence-electron chi connectivity index (χ3n) is 3.27. The van der Waals surface area contributed by atoms with E-state index in [1.807, 2.05) is 0 Å². The molecule has 0 aliphatic heterocycles. The fraction of sp³-hybridized carbons (Fsp3) is 0.188. The number of nitrogens with one attached hydrogen (secondary N) is 2. The van der Waals surface area contributed by atoms with Crippen LogP contribution in [0.4, 0.5) is 10.1 Å². The molecule has 2 N–H and O–H groups in total. The maximum absolute atomic E-state index is 13.6. The lowest BCUT2D eigenvalue weighted by Gasteiger charge is -2.14. The van der Waals surface area contributed by atoms with Crippen molar-refractivity contribution in [2.24, 2.45) is 0 Å². The molecule has 2 aromatic carbocycles. The number of benzene rings is 2. The third-order valence-corrected chi connectivity index (χ3v) is 5.33. The predicted molar refractivity (Wildman–Crippen MR) is 96.8 cm³/mol. The van der Waals surface area contributed by atoms with Crippen LogP contribution < -0.4 is 10.6 Å². The Labute approximate surface area is 146 Å². The van der Waals surface area contributed by atoms with E-state index >= 15 is 0 Å². The molecule has 0 bridgehead atoms. The monoisotopic (exact) mass is 367 g/mol. The van der Waals surface area contributed by atoms with Crippen LogP contribution in [0.2, 0.25) is 0 Å². The summed E-state index contributed by atoms with van der Waals surface area (Å²) >= 11 is 5.16. The van der Waals surface area contributed by atoms with E-state index in [0.717, 1.165) is 4.31 Å². The summed E-state index contributed by atoms with van der Waals surface area (Å²) in [5.41, 5.74) is 1.02. The molecule has 2 aromatic rings. The fourth-order valence-electron chi connectivity index (χ4n) is 1.94. The largest absolute Gasteiger partial charge is 0.358 e. The van der Waals surface area contributed by atoms with E-state index in [9.17, 15) is 12.8 Å². The van der Waals surface area contributed by atoms with Gasteiger partial charge in [-0.05, 0) is 36.5 Å². The lowest BCUT2D eigenvalue weighted by atomic mass is 10.2. The lowest BCUT2D eigenvalue weighted by molar-refractivity contribution is 0.521. The van der Waals surface area contributed by atoms with Crippen molar-refractivity contribution in [2.45, 2.75) is 11.4 Å². The Kier molecular flexibility index (Phi) is 5.87. The zero-order chi connectivity index (χ0) is 17.7. The molecule has 0 atom stereocenters. The van der Waals surface area contributed by atoms with Crippen molar-refractivity contribution in [1.29, 1.82) is 0 Å². The third kappa shape index (κ3) is 4.50. The summed E-state index contributed by atoms with van der Waals surface area (Å²) < 4.78 is 38.9. The maximum Gasteiger partial charge on any atom is 0.242 e. The van der Waals surface area contributed by atoms with Crippen LogP contribution in [0.3, 0.4) is 0 Å². The molecule has 5 nitrogen and oxygen atoms in total. The number of rotatable bonds is 5. The summed E-state index contributed by atoms with van der Waals surface area (Å²) in [6.45, 7) is 0.230. The van der Waals surface area contributed by atoms with Gasteiger partial charge in [-0.3, -0.25) is 0 Å². The van der Waals surface area contributed by atoms with Gasteiger partial charge < -0.3 is 10.6 Å². The van der Waals surface area contributed by atoms with Crippen molar-refractivity contribution >= 4 is 33.0 Å². The minimum Gasteiger partial charge on any atom is -0.358 e. The molecule has 0 spiro atoms. The van der Waals surface area contributed by atoms with E-state index in [1.165, 1.54) is 32.3 Å². The van der Waals surface area contributed by atoms with Crippen molar-refractivity contribution in [3.8, 4) is 0 Å². The molecule has 0 saturated heterocycles. The molecule has 8 heteroatoms. The molecule has 0 fully saturated rings. The van der Waals surface area contributed by atoms with Crippen molar-refractivity contribution in [3.05, 3.63) is 59.9 Å². The predicted octanol–water partition coefficient (Wildman–Crippen LogP) is 2.56. The van der Waals surface area contributed by atoms with Gasteiger partial charge in [0.15, 0.2) is 5.11 Å². The van der Waals surface area contributed by atoms with Crippen LogP contribution in [0.5, 0.6) is 0 Å². The van der Waals surface area contributed by atoms with Gasteiger partial charge >= 0.3 is 0 Å². The molecule has 2 rings (SSSR count). The number of thiocarbonyl (C=S) groups is 1. The highest BCUT2D eigenvalue weighted by Crippen LogP contribution is 2.18. The molecular weight excluding hydrogens is 349 g/mol. The second kappa shape index (κ2) is 7.69. The topological polar surface area (TPSA) is 61.4 Å². The average Bonchev–Trinajstić information content (AvgIpc) is 2.54. The van der Waals surface area contributed by atoms with Crippen LogP contribution in [-0.4, -0.2) is 31.9 Å². The van der Waals surface area contributed by atoms with Gasteiger partial charge in [-0.2, -0.15) is 0 Å². The van der Waals surface area contributed by atoms with E-state index in [-0.39, 0.29) is 22.4 Å². The van der Waals surface area contributed by atoms with Gasteiger partial charge in [-0.1, -0.05) is 24.3 Å². The van der Waals surface area contributed by atoms with Crippen LogP contribution in [0.25, 0.3) is 0 Å². The molecule has 0 saturated carbocycles. The highest BCUT2D eigenvalue weighted by atomic mass is 32.2. The highest BCUT2D eigenvalue weighted by Gasteiger charge is 2.17. The molecule has 0 aliphatic rings. The SMILES string of the molecule is CN(C)S(=O)(=O)c1cccc(NC(=S)NCc2ccccc2F)c1. The first kappa shape index (κ1) is 18.3. The molecule has 0 radical (unpaired) electrons. The second-order valence-electron chi connectivity index (χ2n) is 5.21. The Morgan fingerprint density at radius 3 is 2.54 bits per heavy atom. The number of halogens is 1. The smallest absolute Gasteiger partial charge is 0.242 e. The number of hydrogen-bond donors (Lipinski definition) is 2. The summed E-state index contributed by atoms with van der Waals surface area (Å²) in [7, 11) is -0.579. The Morgan fingerprint density at radius 1 is 1.17 bits per heavy atom. The van der Waals surface area contributed by atoms with Gasteiger partial charge in [0.2, 0.25) is 10.0 Å². The molecular formula is C16H18FN3O2S2. The number of anilines is 1.